The van der Waals surface area contributed by atoms with Gasteiger partial charge < -0.3 is 14.2 Å². The molecule has 0 saturated heterocycles. The number of nitrogens with zero attached hydrogens (tertiary/aromatic N) is 15. The highest BCUT2D eigenvalue weighted by molar-refractivity contribution is 5.99. The van der Waals surface area contributed by atoms with Gasteiger partial charge in [-0.2, -0.15) is 19.9 Å². The largest absolute Gasteiger partial charge is 0.440 e. The third kappa shape index (κ3) is 5.63. The van der Waals surface area contributed by atoms with E-state index in [2.05, 4.69) is 34.9 Å². The van der Waals surface area contributed by atoms with Gasteiger partial charge in [0.25, 0.3) is 5.88 Å². The van der Waals surface area contributed by atoms with Crippen LogP contribution < -0.4 is 24.0 Å². The van der Waals surface area contributed by atoms with E-state index in [4.69, 9.17) is 39.1 Å². The molecule has 3 aromatic heterocycles. The minimum Gasteiger partial charge on any atom is -0.440 e. The molecule has 0 radical (unpaired) electrons. The molecule has 3 aromatic carbocycles. The van der Waals surface area contributed by atoms with Crippen molar-refractivity contribution >= 4 is 60.2 Å². The second-order valence-electron chi connectivity index (χ2n) is 12.0. The molecule has 0 bridgehead atoms. The minimum atomic E-state index is -0.595. The van der Waals surface area contributed by atoms with Crippen LogP contribution in [0.4, 0.5) is 11.9 Å². The fourth-order valence-electron chi connectivity index (χ4n) is 6.09. The molecule has 6 aromatic rings. The van der Waals surface area contributed by atoms with Crippen molar-refractivity contribution in [3.05, 3.63) is 104 Å². The first-order valence-corrected chi connectivity index (χ1v) is 16.7. The Hall–Kier alpha value is -7.76. The van der Waals surface area contributed by atoms with Gasteiger partial charge in [-0.25, -0.2) is 29.9 Å². The number of aromatic nitrogens is 7. The zero-order valence-corrected chi connectivity index (χ0v) is 27.9. The zero-order valence-electron chi connectivity index (χ0n) is 27.9. The molecule has 4 aliphatic rings. The summed E-state index contributed by atoms with van der Waals surface area (Å²) >= 11 is 0. The molecular formula is C36H25N15O3. The number of fused-ring (bicyclic) bond motifs is 3. The smallest absolute Gasteiger partial charge is 0.250 e. The molecular weight excluding hydrogens is 690 g/mol. The number of benzene rings is 3. The van der Waals surface area contributed by atoms with Crippen molar-refractivity contribution in [1.29, 1.82) is 0 Å². The van der Waals surface area contributed by atoms with Crippen molar-refractivity contribution in [3.8, 4) is 29.1 Å². The van der Waals surface area contributed by atoms with Crippen molar-refractivity contribution in [1.82, 2.24) is 34.5 Å². The van der Waals surface area contributed by atoms with Gasteiger partial charge in [0.15, 0.2) is 35.6 Å². The first-order chi connectivity index (χ1) is 26.7. The maximum atomic E-state index is 6.12. The highest BCUT2D eigenvalue weighted by Gasteiger charge is 2.42. The van der Waals surface area contributed by atoms with Gasteiger partial charge in [-0.3, -0.25) is 24.4 Å². The number of hydrogen-bond donors (Lipinski definition) is 0. The van der Waals surface area contributed by atoms with Gasteiger partial charge in [0.2, 0.25) is 29.6 Å². The van der Waals surface area contributed by atoms with E-state index in [0.717, 1.165) is 0 Å². The number of hydrogen-bond acceptors (Lipinski definition) is 17. The van der Waals surface area contributed by atoms with E-state index in [0.29, 0.717) is 40.2 Å². The van der Waals surface area contributed by atoms with Crippen LogP contribution in [0.15, 0.2) is 134 Å². The van der Waals surface area contributed by atoms with Crippen LogP contribution in [0.3, 0.4) is 0 Å². The quantitative estimate of drug-likeness (QED) is 0.233. The summed E-state index contributed by atoms with van der Waals surface area (Å²) in [5.74, 6) is 3.54. The molecule has 0 amide bonds. The summed E-state index contributed by atoms with van der Waals surface area (Å²) in [6.45, 7) is 0. The average Bonchev–Trinajstić information content (AvgIpc) is 3.98. The van der Waals surface area contributed by atoms with Crippen molar-refractivity contribution in [3.63, 3.8) is 0 Å². The lowest BCUT2D eigenvalue weighted by atomic mass is 10.2. The number of aliphatic imine (C=N–C) groups is 6. The lowest BCUT2D eigenvalue weighted by Gasteiger charge is -2.27. The van der Waals surface area contributed by atoms with Crippen LogP contribution in [0.5, 0.6) is 23.1 Å². The van der Waals surface area contributed by atoms with Crippen LogP contribution in [-0.4, -0.2) is 96.0 Å². The summed E-state index contributed by atoms with van der Waals surface area (Å²) < 4.78 is 19.9. The molecule has 4 aliphatic heterocycles. The zero-order chi connectivity index (χ0) is 35.8. The summed E-state index contributed by atoms with van der Waals surface area (Å²) in [7, 11) is 0. The first-order valence-electron chi connectivity index (χ1n) is 16.7. The molecule has 0 spiro atoms. The minimum absolute atomic E-state index is 0.194. The molecule has 10 rings (SSSR count). The van der Waals surface area contributed by atoms with E-state index < -0.39 is 24.4 Å². The Morgan fingerprint density at radius 3 is 1.54 bits per heavy atom. The van der Waals surface area contributed by atoms with Crippen LogP contribution in [-0.2, 0) is 0 Å². The Balaban J connectivity index is 1.02. The molecule has 18 nitrogen and oxygen atoms in total. The molecule has 0 N–H and O–H groups in total. The van der Waals surface area contributed by atoms with Crippen LogP contribution in [0, 0.1) is 0 Å². The second-order valence-corrected chi connectivity index (χ2v) is 12.0. The number of imidazole rings is 1. The Morgan fingerprint density at radius 2 is 1.00 bits per heavy atom. The summed E-state index contributed by atoms with van der Waals surface area (Å²) in [5.41, 5.74) is 0.810. The number of anilines is 2. The molecule has 54 heavy (non-hydrogen) atoms. The lowest BCUT2D eigenvalue weighted by molar-refractivity contribution is 0.467. The van der Waals surface area contributed by atoms with Gasteiger partial charge in [-0.15, -0.1) is 0 Å². The summed E-state index contributed by atoms with van der Waals surface area (Å²) in [4.78, 5) is 59.1. The maximum Gasteiger partial charge on any atom is 0.250 e. The standard InChI is InChI=1S/C36H25N15O3/c1-4-10-22(11-5-1)52-31-25-28(37-16-40-31)49(19-43-25)34-46-35(50-20-44-26-29(50)38-17-41-32(26)53-23-12-6-2-7-13-23)48-36(47-34)51-21-45-27-30(51)39-18-42-33(27)54-24-14-8-3-9-15-24/h1-21,25-26,28-29H. The van der Waals surface area contributed by atoms with E-state index in [1.807, 2.05) is 91.0 Å². The van der Waals surface area contributed by atoms with Gasteiger partial charge in [-0.05, 0) is 36.4 Å². The van der Waals surface area contributed by atoms with Crippen molar-refractivity contribution < 1.29 is 14.2 Å². The Morgan fingerprint density at radius 1 is 0.500 bits per heavy atom. The first kappa shape index (κ1) is 31.0. The van der Waals surface area contributed by atoms with Gasteiger partial charge in [-0.1, -0.05) is 54.6 Å². The molecule has 0 aliphatic carbocycles. The monoisotopic (exact) mass is 715 g/mol. The van der Waals surface area contributed by atoms with Crippen LogP contribution in [0.25, 0.3) is 17.1 Å². The molecule has 0 fully saturated rings. The summed E-state index contributed by atoms with van der Waals surface area (Å²) in [5, 5.41) is 0. The Bertz CT molecular complexity index is 2430. The Kier molecular flexibility index (Phi) is 7.52. The number of rotatable bonds is 7. The van der Waals surface area contributed by atoms with E-state index in [9.17, 15) is 0 Å². The second kappa shape index (κ2) is 13.1. The van der Waals surface area contributed by atoms with Crippen molar-refractivity contribution in [2.24, 2.45) is 30.0 Å². The predicted octanol–water partition coefficient (Wildman–Crippen LogP) is 3.92. The third-order valence-electron chi connectivity index (χ3n) is 8.62. The summed E-state index contributed by atoms with van der Waals surface area (Å²) in [6, 6.07) is 26.9. The number of ether oxygens (including phenoxy) is 3. The highest BCUT2D eigenvalue weighted by Crippen LogP contribution is 2.31. The van der Waals surface area contributed by atoms with E-state index in [-0.39, 0.29) is 23.7 Å². The highest BCUT2D eigenvalue weighted by atomic mass is 16.5. The topological polar surface area (TPSA) is 191 Å². The van der Waals surface area contributed by atoms with Gasteiger partial charge >= 0.3 is 0 Å². The average molecular weight is 716 g/mol. The van der Waals surface area contributed by atoms with Crippen molar-refractivity contribution in [2.75, 3.05) is 9.80 Å². The SMILES string of the molecule is C1=NC2C(Oc3ccccc3)=NC=NC2N1c1nc(N2C=NC3C(Oc4ccccc4)=NC=NC32)nc(-n2cnc3c(Oc4ccccc4)ncnc32)n1. The van der Waals surface area contributed by atoms with Gasteiger partial charge in [0.05, 0.1) is 12.7 Å². The van der Waals surface area contributed by atoms with Crippen LogP contribution in [0.1, 0.15) is 0 Å². The van der Waals surface area contributed by atoms with Crippen LogP contribution in [0.2, 0.25) is 0 Å². The molecule has 4 unspecified atom stereocenters. The number of para-hydroxylation sites is 3. The van der Waals surface area contributed by atoms with Crippen LogP contribution >= 0.6 is 0 Å². The maximum absolute atomic E-state index is 6.12. The summed E-state index contributed by atoms with van der Waals surface area (Å²) in [6.07, 6.45) is 7.88. The van der Waals surface area contributed by atoms with Gasteiger partial charge in [0.1, 0.15) is 42.6 Å². The van der Waals surface area contributed by atoms with E-state index in [1.54, 1.807) is 33.4 Å². The fourth-order valence-corrected chi connectivity index (χ4v) is 6.09. The molecule has 7 heterocycles. The lowest BCUT2D eigenvalue weighted by Crippen LogP contribution is -2.45. The molecule has 262 valence electrons. The van der Waals surface area contributed by atoms with Crippen molar-refractivity contribution in [2.45, 2.75) is 24.4 Å². The van der Waals surface area contributed by atoms with Gasteiger partial charge in [0, 0.05) is 0 Å². The fraction of sp³-hybridized carbons (Fsp3) is 0.111. The predicted molar refractivity (Wildman–Crippen MR) is 200 cm³/mol. The molecule has 0 saturated carbocycles. The Labute approximate surface area is 305 Å². The molecule has 18 heteroatoms. The normalized spacial score (nSPS) is 20.8. The molecule has 4 atom stereocenters. The van der Waals surface area contributed by atoms with E-state index in [1.165, 1.54) is 19.0 Å². The van der Waals surface area contributed by atoms with E-state index >= 15 is 0 Å². The third-order valence-corrected chi connectivity index (χ3v) is 8.62.